The number of fused-ring (bicyclic) bond motifs is 1. The molecule has 0 fully saturated rings. The van der Waals surface area contributed by atoms with E-state index in [4.69, 9.17) is 4.74 Å². The minimum atomic E-state index is 0.0386. The molecule has 23 heavy (non-hydrogen) atoms. The predicted molar refractivity (Wildman–Crippen MR) is 91.7 cm³/mol. The SMILES string of the molecule is CCNC(=O)CC1COc2ccccc2N1Cc1ccccc1. The summed E-state index contributed by atoms with van der Waals surface area (Å²) in [6, 6.07) is 18.4. The van der Waals surface area contributed by atoms with Gasteiger partial charge in [0.25, 0.3) is 0 Å². The van der Waals surface area contributed by atoms with Crippen LogP contribution in [0.15, 0.2) is 54.6 Å². The number of rotatable bonds is 5. The van der Waals surface area contributed by atoms with E-state index in [1.54, 1.807) is 0 Å². The highest BCUT2D eigenvalue weighted by Crippen LogP contribution is 2.35. The van der Waals surface area contributed by atoms with Gasteiger partial charge < -0.3 is 15.0 Å². The van der Waals surface area contributed by atoms with Crippen molar-refractivity contribution >= 4 is 11.6 Å². The van der Waals surface area contributed by atoms with E-state index in [1.807, 2.05) is 43.3 Å². The number of amides is 1. The first-order valence-corrected chi connectivity index (χ1v) is 8.07. The van der Waals surface area contributed by atoms with Crippen molar-refractivity contribution in [3.8, 4) is 5.75 Å². The number of carbonyl (C=O) groups excluding carboxylic acids is 1. The number of para-hydroxylation sites is 2. The Hall–Kier alpha value is -2.49. The lowest BCUT2D eigenvalue weighted by atomic mass is 10.1. The summed E-state index contributed by atoms with van der Waals surface area (Å²) in [5.74, 6) is 0.953. The van der Waals surface area contributed by atoms with Crippen molar-refractivity contribution in [3.05, 3.63) is 60.2 Å². The molecular formula is C19H22N2O2. The maximum absolute atomic E-state index is 12.0. The number of nitrogens with zero attached hydrogens (tertiary/aromatic N) is 1. The zero-order valence-corrected chi connectivity index (χ0v) is 13.4. The molecule has 2 aromatic carbocycles. The van der Waals surface area contributed by atoms with Crippen LogP contribution in [0.25, 0.3) is 0 Å². The number of hydrogen-bond donors (Lipinski definition) is 1. The van der Waals surface area contributed by atoms with E-state index in [9.17, 15) is 4.79 Å². The second kappa shape index (κ2) is 7.18. The molecule has 4 nitrogen and oxygen atoms in total. The third-order valence-electron chi connectivity index (χ3n) is 4.04. The first kappa shape index (κ1) is 15.4. The van der Waals surface area contributed by atoms with Crippen LogP contribution in [0.2, 0.25) is 0 Å². The molecule has 0 bridgehead atoms. The van der Waals surface area contributed by atoms with Crippen LogP contribution in [0.1, 0.15) is 18.9 Å². The molecule has 120 valence electrons. The molecular weight excluding hydrogens is 288 g/mol. The summed E-state index contributed by atoms with van der Waals surface area (Å²) in [5.41, 5.74) is 2.28. The number of carbonyl (C=O) groups is 1. The monoisotopic (exact) mass is 310 g/mol. The van der Waals surface area contributed by atoms with Gasteiger partial charge in [-0.3, -0.25) is 4.79 Å². The van der Waals surface area contributed by atoms with E-state index in [2.05, 4.69) is 28.4 Å². The van der Waals surface area contributed by atoms with Gasteiger partial charge in [0.05, 0.1) is 18.2 Å². The lowest BCUT2D eigenvalue weighted by molar-refractivity contribution is -0.121. The average Bonchev–Trinajstić information content (AvgIpc) is 2.58. The van der Waals surface area contributed by atoms with Gasteiger partial charge in [-0.05, 0) is 24.6 Å². The lowest BCUT2D eigenvalue weighted by Crippen LogP contribution is -2.45. The quantitative estimate of drug-likeness (QED) is 0.923. The standard InChI is InChI=1S/C19H22N2O2/c1-2-20-19(22)12-16-14-23-18-11-7-6-10-17(18)21(16)13-15-8-4-3-5-9-15/h3-11,16H,2,12-14H2,1H3,(H,20,22). The Morgan fingerprint density at radius 2 is 1.91 bits per heavy atom. The molecule has 4 heteroatoms. The summed E-state index contributed by atoms with van der Waals surface area (Å²) in [4.78, 5) is 14.3. The lowest BCUT2D eigenvalue weighted by Gasteiger charge is -2.38. The largest absolute Gasteiger partial charge is 0.489 e. The van der Waals surface area contributed by atoms with Crippen molar-refractivity contribution in [3.63, 3.8) is 0 Å². The second-order valence-corrected chi connectivity index (χ2v) is 5.70. The summed E-state index contributed by atoms with van der Waals surface area (Å²) in [6.07, 6.45) is 0.439. The van der Waals surface area contributed by atoms with Crippen LogP contribution in [0.5, 0.6) is 5.75 Å². The van der Waals surface area contributed by atoms with Crippen molar-refractivity contribution in [2.45, 2.75) is 25.9 Å². The van der Waals surface area contributed by atoms with E-state index in [1.165, 1.54) is 5.56 Å². The van der Waals surface area contributed by atoms with Crippen LogP contribution in [-0.2, 0) is 11.3 Å². The Morgan fingerprint density at radius 3 is 2.70 bits per heavy atom. The van der Waals surface area contributed by atoms with E-state index in [0.717, 1.165) is 18.0 Å². The fraction of sp³-hybridized carbons (Fsp3) is 0.316. The molecule has 1 amide bonds. The van der Waals surface area contributed by atoms with Gasteiger partial charge in [-0.25, -0.2) is 0 Å². The Labute approximate surface area is 137 Å². The zero-order valence-electron chi connectivity index (χ0n) is 13.4. The van der Waals surface area contributed by atoms with E-state index in [0.29, 0.717) is 19.6 Å². The summed E-state index contributed by atoms with van der Waals surface area (Å²) in [6.45, 7) is 3.89. The van der Waals surface area contributed by atoms with Gasteiger partial charge in [0.15, 0.2) is 0 Å². The summed E-state index contributed by atoms with van der Waals surface area (Å²) in [5, 5.41) is 2.88. The third-order valence-corrected chi connectivity index (χ3v) is 4.04. The van der Waals surface area contributed by atoms with Gasteiger partial charge in [-0.15, -0.1) is 0 Å². The fourth-order valence-electron chi connectivity index (χ4n) is 2.94. The first-order valence-electron chi connectivity index (χ1n) is 8.07. The molecule has 0 spiro atoms. The van der Waals surface area contributed by atoms with E-state index < -0.39 is 0 Å². The molecule has 1 aliphatic heterocycles. The maximum Gasteiger partial charge on any atom is 0.222 e. The van der Waals surface area contributed by atoms with Crippen molar-refractivity contribution < 1.29 is 9.53 Å². The molecule has 0 aliphatic carbocycles. The molecule has 0 saturated carbocycles. The smallest absolute Gasteiger partial charge is 0.222 e. The second-order valence-electron chi connectivity index (χ2n) is 5.70. The zero-order chi connectivity index (χ0) is 16.1. The Kier molecular flexibility index (Phi) is 4.81. The molecule has 1 N–H and O–H groups in total. The van der Waals surface area contributed by atoms with Gasteiger partial charge in [0, 0.05) is 13.1 Å². The first-order chi connectivity index (χ1) is 11.3. The van der Waals surface area contributed by atoms with Gasteiger partial charge in [-0.2, -0.15) is 0 Å². The Bertz CT molecular complexity index is 657. The summed E-state index contributed by atoms with van der Waals surface area (Å²) in [7, 11) is 0. The van der Waals surface area contributed by atoms with Gasteiger partial charge in [0.1, 0.15) is 12.4 Å². The normalized spacial score (nSPS) is 16.4. The van der Waals surface area contributed by atoms with Crippen molar-refractivity contribution in [1.82, 2.24) is 5.32 Å². The third kappa shape index (κ3) is 3.65. The van der Waals surface area contributed by atoms with Gasteiger partial charge >= 0.3 is 0 Å². The van der Waals surface area contributed by atoms with Crippen LogP contribution in [0.3, 0.4) is 0 Å². The molecule has 0 radical (unpaired) electrons. The molecule has 1 unspecified atom stereocenters. The molecule has 3 rings (SSSR count). The maximum atomic E-state index is 12.0. The van der Waals surface area contributed by atoms with E-state index in [-0.39, 0.29) is 11.9 Å². The molecule has 1 heterocycles. The summed E-state index contributed by atoms with van der Waals surface area (Å²) >= 11 is 0. The number of nitrogens with one attached hydrogen (secondary N) is 1. The predicted octanol–water partition coefficient (Wildman–Crippen LogP) is 2.98. The number of ether oxygens (including phenoxy) is 1. The highest BCUT2D eigenvalue weighted by molar-refractivity contribution is 5.77. The highest BCUT2D eigenvalue weighted by Gasteiger charge is 2.29. The van der Waals surface area contributed by atoms with Crippen molar-refractivity contribution in [2.24, 2.45) is 0 Å². The van der Waals surface area contributed by atoms with Gasteiger partial charge in [-0.1, -0.05) is 42.5 Å². The molecule has 0 aromatic heterocycles. The van der Waals surface area contributed by atoms with E-state index >= 15 is 0 Å². The van der Waals surface area contributed by atoms with Crippen LogP contribution >= 0.6 is 0 Å². The van der Waals surface area contributed by atoms with Crippen LogP contribution < -0.4 is 15.0 Å². The minimum Gasteiger partial charge on any atom is -0.489 e. The number of anilines is 1. The molecule has 1 aliphatic rings. The fourth-order valence-corrected chi connectivity index (χ4v) is 2.94. The van der Waals surface area contributed by atoms with Crippen LogP contribution in [0, 0.1) is 0 Å². The highest BCUT2D eigenvalue weighted by atomic mass is 16.5. The van der Waals surface area contributed by atoms with Crippen molar-refractivity contribution in [1.29, 1.82) is 0 Å². The topological polar surface area (TPSA) is 41.6 Å². The number of hydrogen-bond acceptors (Lipinski definition) is 3. The summed E-state index contributed by atoms with van der Waals surface area (Å²) < 4.78 is 5.86. The van der Waals surface area contributed by atoms with Crippen LogP contribution in [-0.4, -0.2) is 25.1 Å². The molecule has 1 atom stereocenters. The Morgan fingerprint density at radius 1 is 1.17 bits per heavy atom. The van der Waals surface area contributed by atoms with Crippen molar-refractivity contribution in [2.75, 3.05) is 18.1 Å². The molecule has 0 saturated heterocycles. The minimum absolute atomic E-state index is 0.0386. The Balaban J connectivity index is 1.85. The van der Waals surface area contributed by atoms with Crippen LogP contribution in [0.4, 0.5) is 5.69 Å². The average molecular weight is 310 g/mol. The number of benzene rings is 2. The van der Waals surface area contributed by atoms with Gasteiger partial charge in [0.2, 0.25) is 5.91 Å². The molecule has 2 aromatic rings.